The van der Waals surface area contributed by atoms with Gasteiger partial charge in [0, 0.05) is 11.3 Å². The summed E-state index contributed by atoms with van der Waals surface area (Å²) in [4.78, 5) is 26.8. The van der Waals surface area contributed by atoms with Crippen LogP contribution >= 0.6 is 0 Å². The number of aryl methyl sites for hydroxylation is 2. The van der Waals surface area contributed by atoms with Crippen LogP contribution < -0.4 is 4.90 Å². The molecule has 0 aliphatic carbocycles. The molecule has 29 heavy (non-hydrogen) atoms. The van der Waals surface area contributed by atoms with Gasteiger partial charge in [0.25, 0.3) is 0 Å². The van der Waals surface area contributed by atoms with Gasteiger partial charge >= 0.3 is 11.9 Å². The number of para-hydroxylation sites is 1. The summed E-state index contributed by atoms with van der Waals surface area (Å²) in [7, 11) is 1.35. The Morgan fingerprint density at radius 3 is 2.45 bits per heavy atom. The molecular weight excluding hydrogens is 366 g/mol. The second-order valence-electron chi connectivity index (χ2n) is 6.99. The van der Waals surface area contributed by atoms with Gasteiger partial charge in [0.05, 0.1) is 23.9 Å². The molecule has 146 valence electrons. The van der Waals surface area contributed by atoms with E-state index in [9.17, 15) is 9.59 Å². The van der Waals surface area contributed by atoms with Gasteiger partial charge in [-0.15, -0.1) is 0 Å². The first-order valence-electron chi connectivity index (χ1n) is 9.35. The van der Waals surface area contributed by atoms with Gasteiger partial charge in [-0.1, -0.05) is 36.4 Å². The maximum absolute atomic E-state index is 12.5. The summed E-state index contributed by atoms with van der Waals surface area (Å²) in [6.07, 6.45) is -0.688. The number of ether oxygens (including phenoxy) is 2. The van der Waals surface area contributed by atoms with Crippen LogP contribution in [0, 0.1) is 13.8 Å². The van der Waals surface area contributed by atoms with Gasteiger partial charge in [-0.25, -0.2) is 9.59 Å². The number of cyclic esters (lactones) is 1. The van der Waals surface area contributed by atoms with E-state index in [-0.39, 0.29) is 5.97 Å². The maximum atomic E-state index is 12.5. The van der Waals surface area contributed by atoms with E-state index in [2.05, 4.69) is 0 Å². The first kappa shape index (κ1) is 18.7. The van der Waals surface area contributed by atoms with Crippen molar-refractivity contribution in [2.75, 3.05) is 12.0 Å². The number of carbonyl (C=O) groups excluding carboxylic acids is 2. The number of nitrogens with zero attached hydrogens (tertiary/aromatic N) is 1. The van der Waals surface area contributed by atoms with Gasteiger partial charge < -0.3 is 14.4 Å². The van der Waals surface area contributed by atoms with Crippen LogP contribution in [0.5, 0.6) is 0 Å². The zero-order chi connectivity index (χ0) is 20.5. The quantitative estimate of drug-likeness (QED) is 0.583. The fourth-order valence-electron chi connectivity index (χ4n) is 3.56. The largest absolute Gasteiger partial charge is 0.465 e. The molecule has 0 saturated carbocycles. The second kappa shape index (κ2) is 7.43. The summed E-state index contributed by atoms with van der Waals surface area (Å²) in [5, 5.41) is 0. The Bertz CT molecular complexity index is 1110. The van der Waals surface area contributed by atoms with E-state index in [1.165, 1.54) is 7.11 Å². The van der Waals surface area contributed by atoms with Crippen LogP contribution in [0.4, 0.5) is 11.4 Å². The number of hydrogen-bond donors (Lipinski definition) is 0. The number of methoxy groups -OCH3 is 1. The summed E-state index contributed by atoms with van der Waals surface area (Å²) in [6, 6.07) is 20.5. The summed E-state index contributed by atoms with van der Waals surface area (Å²) < 4.78 is 10.8. The van der Waals surface area contributed by atoms with Gasteiger partial charge in [0.2, 0.25) is 6.23 Å². The summed E-state index contributed by atoms with van der Waals surface area (Å²) in [5.74, 6) is -0.831. The number of esters is 2. The zero-order valence-electron chi connectivity index (χ0n) is 16.5. The lowest BCUT2D eigenvalue weighted by atomic mass is 10.0. The van der Waals surface area contributed by atoms with Crippen molar-refractivity contribution in [1.82, 2.24) is 0 Å². The lowest BCUT2D eigenvalue weighted by molar-refractivity contribution is 0.0398. The minimum Gasteiger partial charge on any atom is -0.465 e. The van der Waals surface area contributed by atoms with Crippen molar-refractivity contribution in [2.24, 2.45) is 0 Å². The number of fused-ring (bicyclic) bond motifs is 1. The van der Waals surface area contributed by atoms with E-state index < -0.39 is 12.2 Å². The van der Waals surface area contributed by atoms with Crippen LogP contribution in [0.15, 0.2) is 66.7 Å². The highest BCUT2D eigenvalue weighted by molar-refractivity contribution is 5.98. The molecule has 3 aromatic rings. The Kier molecular flexibility index (Phi) is 4.80. The van der Waals surface area contributed by atoms with Gasteiger partial charge in [0.15, 0.2) is 0 Å². The second-order valence-corrected chi connectivity index (χ2v) is 6.99. The molecule has 5 heteroatoms. The average Bonchev–Trinajstić information content (AvgIpc) is 3.07. The maximum Gasteiger partial charge on any atom is 0.340 e. The van der Waals surface area contributed by atoms with Crippen molar-refractivity contribution >= 4 is 23.3 Å². The van der Waals surface area contributed by atoms with Crippen molar-refractivity contribution in [3.63, 3.8) is 0 Å². The van der Waals surface area contributed by atoms with E-state index in [1.807, 2.05) is 67.3 Å². The molecule has 1 atom stereocenters. The Hall–Kier alpha value is -3.60. The number of carbonyl (C=O) groups is 2. The standard InChI is InChI=1S/C24H21NO4/c1-15-12-13-17(14-16(15)2)25(21-11-7-6-10-20(21)23(26)28-3)22-18-8-4-5-9-19(18)24(27)29-22/h4-14,22H,1-3H3. The average molecular weight is 387 g/mol. The highest BCUT2D eigenvalue weighted by Crippen LogP contribution is 2.42. The van der Waals surface area contributed by atoms with E-state index >= 15 is 0 Å². The molecule has 0 spiro atoms. The topological polar surface area (TPSA) is 55.8 Å². The molecule has 0 saturated heterocycles. The van der Waals surface area contributed by atoms with Crippen molar-refractivity contribution in [2.45, 2.75) is 20.1 Å². The molecule has 4 rings (SSSR count). The molecule has 0 N–H and O–H groups in total. The third kappa shape index (κ3) is 3.25. The Labute approximate surface area is 169 Å². The smallest absolute Gasteiger partial charge is 0.340 e. The molecule has 1 heterocycles. The third-order valence-corrected chi connectivity index (χ3v) is 5.24. The van der Waals surface area contributed by atoms with Gasteiger partial charge in [-0.3, -0.25) is 0 Å². The zero-order valence-corrected chi connectivity index (χ0v) is 16.5. The van der Waals surface area contributed by atoms with Crippen LogP contribution in [0.1, 0.15) is 43.6 Å². The van der Waals surface area contributed by atoms with Crippen LogP contribution in [0.3, 0.4) is 0 Å². The monoisotopic (exact) mass is 387 g/mol. The molecular formula is C24H21NO4. The number of rotatable bonds is 4. The highest BCUT2D eigenvalue weighted by Gasteiger charge is 2.37. The Morgan fingerprint density at radius 1 is 0.966 bits per heavy atom. The molecule has 5 nitrogen and oxygen atoms in total. The van der Waals surface area contributed by atoms with E-state index in [0.717, 1.165) is 22.4 Å². The predicted molar refractivity (Wildman–Crippen MR) is 110 cm³/mol. The Balaban J connectivity index is 1.94. The number of benzene rings is 3. The first-order valence-corrected chi connectivity index (χ1v) is 9.35. The Morgan fingerprint density at radius 2 is 1.69 bits per heavy atom. The van der Waals surface area contributed by atoms with Crippen molar-refractivity contribution in [3.8, 4) is 0 Å². The van der Waals surface area contributed by atoms with Crippen molar-refractivity contribution < 1.29 is 19.1 Å². The highest BCUT2D eigenvalue weighted by atomic mass is 16.6. The molecule has 0 radical (unpaired) electrons. The molecule has 0 bridgehead atoms. The third-order valence-electron chi connectivity index (χ3n) is 5.24. The summed E-state index contributed by atoms with van der Waals surface area (Å²) in [5.41, 5.74) is 5.36. The molecule has 1 unspecified atom stereocenters. The fraction of sp³-hybridized carbons (Fsp3) is 0.167. The predicted octanol–water partition coefficient (Wildman–Crippen LogP) is 5.10. The molecule has 0 amide bonds. The van der Waals surface area contributed by atoms with Crippen LogP contribution in [-0.2, 0) is 9.47 Å². The summed E-state index contributed by atoms with van der Waals surface area (Å²) in [6.45, 7) is 4.06. The van der Waals surface area contributed by atoms with Crippen molar-refractivity contribution in [3.05, 3.63) is 94.5 Å². The minimum atomic E-state index is -0.688. The normalized spacial score (nSPS) is 14.9. The first-order chi connectivity index (χ1) is 14.0. The molecule has 1 aliphatic heterocycles. The van der Waals surface area contributed by atoms with Crippen LogP contribution in [-0.4, -0.2) is 19.0 Å². The lowest BCUT2D eigenvalue weighted by Crippen LogP contribution is -2.26. The number of hydrogen-bond acceptors (Lipinski definition) is 5. The van der Waals surface area contributed by atoms with E-state index in [0.29, 0.717) is 16.8 Å². The molecule has 0 fully saturated rings. The van der Waals surface area contributed by atoms with Gasteiger partial charge in [0.1, 0.15) is 0 Å². The molecule has 0 aromatic heterocycles. The van der Waals surface area contributed by atoms with Gasteiger partial charge in [-0.2, -0.15) is 0 Å². The molecule has 1 aliphatic rings. The SMILES string of the molecule is COC(=O)c1ccccc1N(c1ccc(C)c(C)c1)C1OC(=O)c2ccccc21. The van der Waals surface area contributed by atoms with Crippen LogP contribution in [0.25, 0.3) is 0 Å². The van der Waals surface area contributed by atoms with E-state index in [1.54, 1.807) is 18.2 Å². The fourth-order valence-corrected chi connectivity index (χ4v) is 3.56. The van der Waals surface area contributed by atoms with Gasteiger partial charge in [-0.05, 0) is 55.3 Å². The summed E-state index contributed by atoms with van der Waals surface area (Å²) >= 11 is 0. The van der Waals surface area contributed by atoms with Crippen molar-refractivity contribution in [1.29, 1.82) is 0 Å². The van der Waals surface area contributed by atoms with Crippen LogP contribution in [0.2, 0.25) is 0 Å². The minimum absolute atomic E-state index is 0.380. The number of anilines is 2. The van der Waals surface area contributed by atoms with E-state index in [4.69, 9.17) is 9.47 Å². The lowest BCUT2D eigenvalue weighted by Gasteiger charge is -2.32. The molecule has 3 aromatic carbocycles.